The highest BCUT2D eigenvalue weighted by Gasteiger charge is 2.29. The van der Waals surface area contributed by atoms with E-state index in [9.17, 15) is 9.59 Å². The number of benzene rings is 3. The van der Waals surface area contributed by atoms with Gasteiger partial charge in [0.2, 0.25) is 11.8 Å². The number of rotatable bonds is 10. The summed E-state index contributed by atoms with van der Waals surface area (Å²) < 4.78 is 0.977. The van der Waals surface area contributed by atoms with Crippen LogP contribution in [0.3, 0.4) is 0 Å². The number of nitrogens with one attached hydrogen (secondary N) is 1. The molecular formula is C29H33BrN2O2. The van der Waals surface area contributed by atoms with Crippen molar-refractivity contribution in [2.75, 3.05) is 6.54 Å². The van der Waals surface area contributed by atoms with E-state index >= 15 is 0 Å². The van der Waals surface area contributed by atoms with Crippen LogP contribution in [0.15, 0.2) is 89.4 Å². The molecule has 1 N–H and O–H groups in total. The summed E-state index contributed by atoms with van der Waals surface area (Å²) in [5, 5.41) is 2.99. The molecule has 2 amide bonds. The van der Waals surface area contributed by atoms with Gasteiger partial charge in [-0.05, 0) is 41.7 Å². The monoisotopic (exact) mass is 520 g/mol. The van der Waals surface area contributed by atoms with Gasteiger partial charge >= 0.3 is 0 Å². The number of carbonyl (C=O) groups excluding carboxylic acids is 2. The third-order valence-electron chi connectivity index (χ3n) is 5.90. The number of carbonyl (C=O) groups is 2. The van der Waals surface area contributed by atoms with Crippen molar-refractivity contribution < 1.29 is 9.59 Å². The molecule has 1 atom stereocenters. The SMILES string of the molecule is CC(C)CNC(=O)[C@@H](C)N(Cc1ccc(Br)cc1)C(=O)CC(c1ccccc1)c1ccccc1. The van der Waals surface area contributed by atoms with Gasteiger partial charge in [0.25, 0.3) is 0 Å². The largest absolute Gasteiger partial charge is 0.354 e. The summed E-state index contributed by atoms with van der Waals surface area (Å²) in [6.45, 7) is 6.88. The van der Waals surface area contributed by atoms with Gasteiger partial charge in [0.05, 0.1) is 0 Å². The van der Waals surface area contributed by atoms with Gasteiger partial charge in [-0.2, -0.15) is 0 Å². The van der Waals surface area contributed by atoms with Crippen LogP contribution >= 0.6 is 15.9 Å². The Labute approximate surface area is 211 Å². The summed E-state index contributed by atoms with van der Waals surface area (Å²) in [4.78, 5) is 28.4. The predicted octanol–water partition coefficient (Wildman–Crippen LogP) is 6.16. The molecule has 178 valence electrons. The van der Waals surface area contributed by atoms with Crippen molar-refractivity contribution in [3.05, 3.63) is 106 Å². The second-order valence-electron chi connectivity index (χ2n) is 9.04. The van der Waals surface area contributed by atoms with E-state index in [-0.39, 0.29) is 24.2 Å². The van der Waals surface area contributed by atoms with Gasteiger partial charge < -0.3 is 10.2 Å². The molecule has 0 aliphatic carbocycles. The van der Waals surface area contributed by atoms with E-state index in [1.165, 1.54) is 0 Å². The van der Waals surface area contributed by atoms with Gasteiger partial charge in [-0.15, -0.1) is 0 Å². The number of hydrogen-bond donors (Lipinski definition) is 1. The second kappa shape index (κ2) is 12.5. The van der Waals surface area contributed by atoms with E-state index in [0.29, 0.717) is 19.0 Å². The molecule has 0 aliphatic heterocycles. The first-order valence-electron chi connectivity index (χ1n) is 11.8. The Balaban J connectivity index is 1.88. The number of amides is 2. The smallest absolute Gasteiger partial charge is 0.242 e. The lowest BCUT2D eigenvalue weighted by atomic mass is 9.88. The third-order valence-corrected chi connectivity index (χ3v) is 6.43. The van der Waals surface area contributed by atoms with Gasteiger partial charge in [0, 0.05) is 29.9 Å². The zero-order valence-electron chi connectivity index (χ0n) is 20.1. The topological polar surface area (TPSA) is 49.4 Å². The molecule has 0 saturated heterocycles. The summed E-state index contributed by atoms with van der Waals surface area (Å²) in [5.74, 6) is 0.0727. The van der Waals surface area contributed by atoms with E-state index in [1.54, 1.807) is 4.90 Å². The molecular weight excluding hydrogens is 488 g/mol. The van der Waals surface area contributed by atoms with Crippen LogP contribution in [-0.4, -0.2) is 29.3 Å². The highest BCUT2D eigenvalue weighted by molar-refractivity contribution is 9.10. The first-order valence-corrected chi connectivity index (χ1v) is 12.6. The van der Waals surface area contributed by atoms with Crippen molar-refractivity contribution in [1.82, 2.24) is 10.2 Å². The fourth-order valence-corrected chi connectivity index (χ4v) is 4.18. The van der Waals surface area contributed by atoms with E-state index in [2.05, 4.69) is 59.4 Å². The van der Waals surface area contributed by atoms with E-state index in [4.69, 9.17) is 0 Å². The van der Waals surface area contributed by atoms with Gasteiger partial charge in [-0.3, -0.25) is 9.59 Å². The third kappa shape index (κ3) is 7.29. The maximum Gasteiger partial charge on any atom is 0.242 e. The highest BCUT2D eigenvalue weighted by Crippen LogP contribution is 2.29. The molecule has 0 aromatic heterocycles. The maximum atomic E-state index is 13.8. The Morgan fingerprint density at radius 3 is 1.85 bits per heavy atom. The first-order chi connectivity index (χ1) is 16.3. The van der Waals surface area contributed by atoms with Gasteiger partial charge in [0.15, 0.2) is 0 Å². The Bertz CT molecular complexity index is 1010. The lowest BCUT2D eigenvalue weighted by Gasteiger charge is -2.31. The Morgan fingerprint density at radius 1 is 0.824 bits per heavy atom. The van der Waals surface area contributed by atoms with E-state index < -0.39 is 6.04 Å². The number of hydrogen-bond acceptors (Lipinski definition) is 2. The predicted molar refractivity (Wildman–Crippen MR) is 141 cm³/mol. The number of halogens is 1. The van der Waals surface area contributed by atoms with Crippen molar-refractivity contribution in [3.8, 4) is 0 Å². The normalized spacial score (nSPS) is 11.9. The van der Waals surface area contributed by atoms with Crippen LogP contribution in [0.1, 0.15) is 49.8 Å². The minimum absolute atomic E-state index is 0.0483. The van der Waals surface area contributed by atoms with Crippen molar-refractivity contribution in [2.24, 2.45) is 5.92 Å². The van der Waals surface area contributed by atoms with Gasteiger partial charge in [-0.1, -0.05) is 103 Å². The van der Waals surface area contributed by atoms with Crippen LogP contribution in [0.4, 0.5) is 0 Å². The van der Waals surface area contributed by atoms with Crippen LogP contribution in [-0.2, 0) is 16.1 Å². The van der Waals surface area contributed by atoms with Crippen LogP contribution in [0.2, 0.25) is 0 Å². The molecule has 0 saturated carbocycles. The average molecular weight is 521 g/mol. The van der Waals surface area contributed by atoms with Crippen LogP contribution in [0.25, 0.3) is 0 Å². The summed E-state index contributed by atoms with van der Waals surface area (Å²) in [5.41, 5.74) is 3.15. The van der Waals surface area contributed by atoms with Crippen molar-refractivity contribution >= 4 is 27.7 Å². The fraction of sp³-hybridized carbons (Fsp3) is 0.310. The van der Waals surface area contributed by atoms with E-state index in [0.717, 1.165) is 21.2 Å². The van der Waals surface area contributed by atoms with Crippen LogP contribution in [0, 0.1) is 5.92 Å². The zero-order chi connectivity index (χ0) is 24.5. The molecule has 0 radical (unpaired) electrons. The molecule has 0 spiro atoms. The molecule has 4 nitrogen and oxygen atoms in total. The molecule has 3 aromatic carbocycles. The molecule has 3 aromatic rings. The second-order valence-corrected chi connectivity index (χ2v) is 9.96. The lowest BCUT2D eigenvalue weighted by Crippen LogP contribution is -2.48. The molecule has 0 heterocycles. The lowest BCUT2D eigenvalue weighted by molar-refractivity contribution is -0.140. The van der Waals surface area contributed by atoms with Crippen LogP contribution < -0.4 is 5.32 Å². The Kier molecular flexibility index (Phi) is 9.46. The molecule has 34 heavy (non-hydrogen) atoms. The van der Waals surface area contributed by atoms with Crippen LogP contribution in [0.5, 0.6) is 0 Å². The number of nitrogens with zero attached hydrogens (tertiary/aromatic N) is 1. The van der Waals surface area contributed by atoms with Crippen molar-refractivity contribution in [1.29, 1.82) is 0 Å². The first kappa shape index (κ1) is 25.7. The van der Waals surface area contributed by atoms with Gasteiger partial charge in [0.1, 0.15) is 6.04 Å². The molecule has 0 fully saturated rings. The average Bonchev–Trinajstić information content (AvgIpc) is 2.86. The molecule has 0 unspecified atom stereocenters. The minimum Gasteiger partial charge on any atom is -0.354 e. The summed E-state index contributed by atoms with van der Waals surface area (Å²) in [7, 11) is 0. The maximum absolute atomic E-state index is 13.8. The Morgan fingerprint density at radius 2 is 1.35 bits per heavy atom. The molecule has 3 rings (SSSR count). The van der Waals surface area contributed by atoms with Crippen molar-refractivity contribution in [2.45, 2.75) is 45.7 Å². The molecule has 0 aliphatic rings. The molecule has 0 bridgehead atoms. The van der Waals surface area contributed by atoms with Crippen molar-refractivity contribution in [3.63, 3.8) is 0 Å². The molecule has 5 heteroatoms. The summed E-state index contributed by atoms with van der Waals surface area (Å²) >= 11 is 3.47. The Hall–Kier alpha value is -2.92. The standard InChI is InChI=1S/C29H33BrN2O2/c1-21(2)19-31-29(34)22(3)32(20-23-14-16-26(30)17-15-23)28(33)18-27(24-10-6-4-7-11-24)25-12-8-5-9-13-25/h4-17,21-22,27H,18-20H2,1-3H3,(H,31,34)/t22-/m1/s1. The van der Waals surface area contributed by atoms with Gasteiger partial charge in [-0.25, -0.2) is 0 Å². The highest BCUT2D eigenvalue weighted by atomic mass is 79.9. The quantitative estimate of drug-likeness (QED) is 0.348. The summed E-state index contributed by atoms with van der Waals surface area (Å²) in [6.07, 6.45) is 0.284. The minimum atomic E-state index is -0.581. The van der Waals surface area contributed by atoms with E-state index in [1.807, 2.05) is 67.6 Å². The summed E-state index contributed by atoms with van der Waals surface area (Å²) in [6, 6.07) is 27.5. The zero-order valence-corrected chi connectivity index (χ0v) is 21.7. The fourth-order valence-electron chi connectivity index (χ4n) is 3.91.